The van der Waals surface area contributed by atoms with Gasteiger partial charge in [-0.15, -0.1) is 0 Å². The number of hydrogen-bond donors (Lipinski definition) is 1. The monoisotopic (exact) mass is 315 g/mol. The molecule has 2 aromatic rings. The first-order chi connectivity index (χ1) is 11.1. The van der Waals surface area contributed by atoms with Crippen molar-refractivity contribution in [2.24, 2.45) is 0 Å². The maximum absolute atomic E-state index is 10.8. The zero-order valence-electron chi connectivity index (χ0n) is 13.9. The molecular weight excluding hydrogens is 290 g/mol. The Morgan fingerprint density at radius 2 is 2.17 bits per heavy atom. The Kier molecular flexibility index (Phi) is 4.68. The summed E-state index contributed by atoms with van der Waals surface area (Å²) in [5.41, 5.74) is 1.51. The van der Waals surface area contributed by atoms with Crippen molar-refractivity contribution in [1.29, 1.82) is 0 Å². The molecular formula is C18H25N3O2. The van der Waals surface area contributed by atoms with Crippen LogP contribution in [0.15, 0.2) is 36.7 Å². The summed E-state index contributed by atoms with van der Waals surface area (Å²) in [6.07, 6.45) is 4.71. The molecule has 0 saturated carbocycles. The van der Waals surface area contributed by atoms with E-state index < -0.39 is 5.60 Å². The van der Waals surface area contributed by atoms with E-state index in [1.807, 2.05) is 42.1 Å². The van der Waals surface area contributed by atoms with Crippen LogP contribution in [0.2, 0.25) is 0 Å². The number of aromatic nitrogens is 2. The topological polar surface area (TPSA) is 50.5 Å². The molecule has 5 heteroatoms. The van der Waals surface area contributed by atoms with Gasteiger partial charge in [-0.2, -0.15) is 5.10 Å². The maximum Gasteiger partial charge on any atom is 0.122 e. The van der Waals surface area contributed by atoms with Crippen LogP contribution in [-0.2, 0) is 13.1 Å². The van der Waals surface area contributed by atoms with Gasteiger partial charge in [-0.3, -0.25) is 9.58 Å². The van der Waals surface area contributed by atoms with Gasteiger partial charge in [-0.05, 0) is 31.9 Å². The minimum atomic E-state index is -0.775. The largest absolute Gasteiger partial charge is 0.490 e. The SMILES string of the molecule is CCn1cc(CN2CC[C@](O)(COc3ccccc3C)C2)cn1. The molecule has 1 atom stereocenters. The number of nitrogens with zero attached hydrogens (tertiary/aromatic N) is 3. The number of para-hydroxylation sites is 1. The Labute approximate surface area is 137 Å². The fourth-order valence-corrected chi connectivity index (χ4v) is 3.04. The number of aryl methyl sites for hydroxylation is 2. The van der Waals surface area contributed by atoms with E-state index >= 15 is 0 Å². The van der Waals surface area contributed by atoms with Gasteiger partial charge in [0.05, 0.1) is 6.20 Å². The highest BCUT2D eigenvalue weighted by Gasteiger charge is 2.37. The number of benzene rings is 1. The second-order valence-corrected chi connectivity index (χ2v) is 6.44. The normalized spacial score (nSPS) is 21.7. The fourth-order valence-electron chi connectivity index (χ4n) is 3.04. The highest BCUT2D eigenvalue weighted by molar-refractivity contribution is 5.31. The van der Waals surface area contributed by atoms with Gasteiger partial charge in [0.2, 0.25) is 0 Å². The van der Waals surface area contributed by atoms with Crippen molar-refractivity contribution in [2.75, 3.05) is 19.7 Å². The Hall–Kier alpha value is -1.85. The average Bonchev–Trinajstić information content (AvgIpc) is 3.14. The van der Waals surface area contributed by atoms with Crippen LogP contribution in [0.3, 0.4) is 0 Å². The molecule has 0 amide bonds. The van der Waals surface area contributed by atoms with Crippen molar-refractivity contribution < 1.29 is 9.84 Å². The second-order valence-electron chi connectivity index (χ2n) is 6.44. The predicted molar refractivity (Wildman–Crippen MR) is 89.4 cm³/mol. The Morgan fingerprint density at radius 3 is 2.91 bits per heavy atom. The van der Waals surface area contributed by atoms with Gasteiger partial charge in [0.1, 0.15) is 18.0 Å². The van der Waals surface area contributed by atoms with Crippen molar-refractivity contribution in [1.82, 2.24) is 14.7 Å². The van der Waals surface area contributed by atoms with Crippen LogP contribution in [0, 0.1) is 6.92 Å². The molecule has 0 aliphatic carbocycles. The number of likely N-dealkylation sites (tertiary alicyclic amines) is 1. The Bertz CT molecular complexity index is 655. The number of ether oxygens (including phenoxy) is 1. The van der Waals surface area contributed by atoms with Crippen LogP contribution in [0.5, 0.6) is 5.75 Å². The first kappa shape index (κ1) is 16.0. The zero-order valence-corrected chi connectivity index (χ0v) is 13.9. The maximum atomic E-state index is 10.8. The van der Waals surface area contributed by atoms with E-state index in [-0.39, 0.29) is 0 Å². The summed E-state index contributed by atoms with van der Waals surface area (Å²) >= 11 is 0. The smallest absolute Gasteiger partial charge is 0.122 e. The molecule has 0 bridgehead atoms. The molecule has 1 aliphatic heterocycles. The van der Waals surface area contributed by atoms with E-state index in [1.165, 1.54) is 5.56 Å². The van der Waals surface area contributed by atoms with E-state index in [4.69, 9.17) is 4.74 Å². The summed E-state index contributed by atoms with van der Waals surface area (Å²) < 4.78 is 7.78. The minimum Gasteiger partial charge on any atom is -0.490 e. The number of rotatable bonds is 6. The molecule has 23 heavy (non-hydrogen) atoms. The van der Waals surface area contributed by atoms with Crippen LogP contribution < -0.4 is 4.74 Å². The number of hydrogen-bond acceptors (Lipinski definition) is 4. The molecule has 1 N–H and O–H groups in total. The molecule has 0 spiro atoms. The van der Waals surface area contributed by atoms with Crippen molar-refractivity contribution in [2.45, 2.75) is 39.0 Å². The van der Waals surface area contributed by atoms with Gasteiger partial charge < -0.3 is 9.84 Å². The van der Waals surface area contributed by atoms with E-state index in [0.717, 1.165) is 37.4 Å². The van der Waals surface area contributed by atoms with E-state index in [0.29, 0.717) is 13.2 Å². The van der Waals surface area contributed by atoms with E-state index in [2.05, 4.69) is 23.1 Å². The fraction of sp³-hybridized carbons (Fsp3) is 0.500. The third kappa shape index (κ3) is 3.92. The summed E-state index contributed by atoms with van der Waals surface area (Å²) in [6.45, 7) is 7.66. The molecule has 1 saturated heterocycles. The molecule has 1 aromatic carbocycles. The highest BCUT2D eigenvalue weighted by Crippen LogP contribution is 2.25. The van der Waals surface area contributed by atoms with Gasteiger partial charge in [0, 0.05) is 37.9 Å². The van der Waals surface area contributed by atoms with Crippen molar-refractivity contribution in [3.05, 3.63) is 47.8 Å². The molecule has 5 nitrogen and oxygen atoms in total. The number of β-amino-alcohol motifs (C(OH)–C–C–N with tert-alkyl or cyclic N) is 1. The van der Waals surface area contributed by atoms with Crippen LogP contribution >= 0.6 is 0 Å². The van der Waals surface area contributed by atoms with Crippen LogP contribution in [0.4, 0.5) is 0 Å². The lowest BCUT2D eigenvalue weighted by Gasteiger charge is -2.24. The molecule has 1 fully saturated rings. The molecule has 2 heterocycles. The van der Waals surface area contributed by atoms with Crippen LogP contribution in [-0.4, -0.2) is 45.1 Å². The lowest BCUT2D eigenvalue weighted by Crippen LogP contribution is -2.39. The lowest BCUT2D eigenvalue weighted by molar-refractivity contribution is 0.00320. The summed E-state index contributed by atoms with van der Waals surface area (Å²) in [5, 5.41) is 15.1. The molecule has 3 rings (SSSR count). The molecule has 0 unspecified atom stereocenters. The molecule has 0 radical (unpaired) electrons. The summed E-state index contributed by atoms with van der Waals surface area (Å²) in [7, 11) is 0. The first-order valence-corrected chi connectivity index (χ1v) is 8.22. The third-order valence-corrected chi connectivity index (χ3v) is 4.42. The van der Waals surface area contributed by atoms with Crippen molar-refractivity contribution in [3.63, 3.8) is 0 Å². The third-order valence-electron chi connectivity index (χ3n) is 4.42. The van der Waals surface area contributed by atoms with Crippen LogP contribution in [0.25, 0.3) is 0 Å². The van der Waals surface area contributed by atoms with E-state index in [1.54, 1.807) is 0 Å². The quantitative estimate of drug-likeness (QED) is 0.888. The second kappa shape index (κ2) is 6.72. The molecule has 1 aromatic heterocycles. The highest BCUT2D eigenvalue weighted by atomic mass is 16.5. The summed E-state index contributed by atoms with van der Waals surface area (Å²) in [5.74, 6) is 0.851. The lowest BCUT2D eigenvalue weighted by atomic mass is 10.1. The Morgan fingerprint density at radius 1 is 1.35 bits per heavy atom. The molecule has 124 valence electrons. The first-order valence-electron chi connectivity index (χ1n) is 8.22. The van der Waals surface area contributed by atoms with Gasteiger partial charge >= 0.3 is 0 Å². The predicted octanol–water partition coefficient (Wildman–Crippen LogP) is 2.23. The van der Waals surface area contributed by atoms with Gasteiger partial charge in [-0.25, -0.2) is 0 Å². The zero-order chi connectivity index (χ0) is 16.3. The summed E-state index contributed by atoms with van der Waals surface area (Å²) in [6, 6.07) is 7.92. The van der Waals surface area contributed by atoms with Crippen molar-refractivity contribution in [3.8, 4) is 5.75 Å². The van der Waals surface area contributed by atoms with Gasteiger partial charge in [0.25, 0.3) is 0 Å². The van der Waals surface area contributed by atoms with E-state index in [9.17, 15) is 5.11 Å². The molecule has 1 aliphatic rings. The van der Waals surface area contributed by atoms with Crippen LogP contribution in [0.1, 0.15) is 24.5 Å². The average molecular weight is 315 g/mol. The summed E-state index contributed by atoms with van der Waals surface area (Å²) in [4.78, 5) is 2.26. The Balaban J connectivity index is 1.54. The standard InChI is InChI=1S/C18H25N3O2/c1-3-21-12-16(10-19-21)11-20-9-8-18(22,13-20)14-23-17-7-5-4-6-15(17)2/h4-7,10,12,22H,3,8-9,11,13-14H2,1-2H3/t18-/m1/s1. The van der Waals surface area contributed by atoms with Gasteiger partial charge in [0.15, 0.2) is 0 Å². The number of aliphatic hydroxyl groups is 1. The van der Waals surface area contributed by atoms with Crippen molar-refractivity contribution >= 4 is 0 Å². The minimum absolute atomic E-state index is 0.336. The van der Waals surface area contributed by atoms with Gasteiger partial charge in [-0.1, -0.05) is 18.2 Å².